The van der Waals surface area contributed by atoms with Crippen molar-refractivity contribution in [3.8, 4) is 16.9 Å². The van der Waals surface area contributed by atoms with E-state index in [4.69, 9.17) is 4.74 Å². The molecule has 0 aromatic heterocycles. The third kappa shape index (κ3) is 7.33. The maximum atomic E-state index is 12.6. The molecule has 0 saturated carbocycles. The molecule has 3 aromatic rings. The normalized spacial score (nSPS) is 15.1. The number of hydrogen-bond donors (Lipinski definition) is 1. The summed E-state index contributed by atoms with van der Waals surface area (Å²) < 4.78 is 43.7. The Balaban J connectivity index is 1.31. The largest absolute Gasteiger partial charge is 0.490 e. The van der Waals surface area contributed by atoms with Crippen LogP contribution in [0.3, 0.4) is 0 Å². The molecule has 7 heteroatoms. The van der Waals surface area contributed by atoms with Gasteiger partial charge in [-0.2, -0.15) is 13.2 Å². The lowest BCUT2D eigenvalue weighted by Gasteiger charge is -2.29. The van der Waals surface area contributed by atoms with Crippen LogP contribution in [0.4, 0.5) is 13.2 Å². The molecular weight excluding hydrogens is 453 g/mol. The fourth-order valence-corrected chi connectivity index (χ4v) is 4.17. The number of piperidine rings is 1. The zero-order valence-electron chi connectivity index (χ0n) is 19.6. The predicted molar refractivity (Wildman–Crippen MR) is 130 cm³/mol. The molecule has 0 radical (unpaired) electrons. The molecular formula is C28H29F3N2O2. The summed E-state index contributed by atoms with van der Waals surface area (Å²) in [5.74, 6) is 0.621. The van der Waals surface area contributed by atoms with Crippen molar-refractivity contribution in [2.75, 3.05) is 20.1 Å². The fourth-order valence-electron chi connectivity index (χ4n) is 4.17. The van der Waals surface area contributed by atoms with Crippen molar-refractivity contribution in [2.45, 2.75) is 38.1 Å². The molecule has 1 heterocycles. The van der Waals surface area contributed by atoms with Gasteiger partial charge >= 0.3 is 6.18 Å². The van der Waals surface area contributed by atoms with Crippen LogP contribution in [-0.4, -0.2) is 43.2 Å². The first kappa shape index (κ1) is 24.8. The average molecular weight is 483 g/mol. The number of nitrogens with one attached hydrogen (secondary N) is 1. The highest BCUT2D eigenvalue weighted by Crippen LogP contribution is 2.25. The van der Waals surface area contributed by atoms with E-state index in [0.29, 0.717) is 12.1 Å². The molecule has 1 aliphatic heterocycles. The maximum Gasteiger partial charge on any atom is 0.393 e. The number of benzene rings is 3. The minimum absolute atomic E-state index is 0.196. The highest BCUT2D eigenvalue weighted by Gasteiger charge is 2.27. The van der Waals surface area contributed by atoms with Gasteiger partial charge in [-0.1, -0.05) is 48.5 Å². The summed E-state index contributed by atoms with van der Waals surface area (Å²) in [5.41, 5.74) is 3.32. The Morgan fingerprint density at radius 1 is 0.943 bits per heavy atom. The predicted octanol–water partition coefficient (Wildman–Crippen LogP) is 5.86. The van der Waals surface area contributed by atoms with E-state index in [1.807, 2.05) is 24.3 Å². The van der Waals surface area contributed by atoms with Gasteiger partial charge in [-0.05, 0) is 66.4 Å². The minimum atomic E-state index is -4.22. The van der Waals surface area contributed by atoms with Crippen LogP contribution < -0.4 is 10.1 Å². The second-order valence-electron chi connectivity index (χ2n) is 9.02. The Kier molecular flexibility index (Phi) is 7.76. The van der Waals surface area contributed by atoms with E-state index in [0.717, 1.165) is 48.4 Å². The lowest BCUT2D eigenvalue weighted by Crippen LogP contribution is -2.35. The van der Waals surface area contributed by atoms with Crippen LogP contribution in [0, 0.1) is 0 Å². The molecule has 0 spiro atoms. The number of carbonyl (C=O) groups excluding carboxylic acids is 1. The number of rotatable bonds is 7. The van der Waals surface area contributed by atoms with E-state index in [2.05, 4.69) is 17.3 Å². The van der Waals surface area contributed by atoms with Crippen LogP contribution in [0.5, 0.6) is 5.75 Å². The highest BCUT2D eigenvalue weighted by molar-refractivity contribution is 5.94. The molecule has 0 atom stereocenters. The summed E-state index contributed by atoms with van der Waals surface area (Å²) >= 11 is 0. The van der Waals surface area contributed by atoms with Crippen molar-refractivity contribution in [1.82, 2.24) is 10.2 Å². The number of halogens is 3. The van der Waals surface area contributed by atoms with Gasteiger partial charge < -0.3 is 15.0 Å². The molecule has 1 N–H and O–H groups in total. The van der Waals surface area contributed by atoms with E-state index in [9.17, 15) is 18.0 Å². The molecule has 1 amide bonds. The number of likely N-dealkylation sites (tertiary alicyclic amines) is 1. The van der Waals surface area contributed by atoms with Gasteiger partial charge in [-0.15, -0.1) is 0 Å². The van der Waals surface area contributed by atoms with Crippen molar-refractivity contribution >= 4 is 5.91 Å². The van der Waals surface area contributed by atoms with E-state index in [1.165, 1.54) is 12.1 Å². The Morgan fingerprint density at radius 3 is 2.20 bits per heavy atom. The molecule has 0 unspecified atom stereocenters. The van der Waals surface area contributed by atoms with Crippen LogP contribution in [-0.2, 0) is 13.0 Å². The Morgan fingerprint density at radius 2 is 1.57 bits per heavy atom. The van der Waals surface area contributed by atoms with E-state index < -0.39 is 12.6 Å². The van der Waals surface area contributed by atoms with Gasteiger partial charge in [0.2, 0.25) is 0 Å². The fraction of sp³-hybridized carbons (Fsp3) is 0.321. The number of ether oxygens (including phenoxy) is 1. The van der Waals surface area contributed by atoms with Gasteiger partial charge in [-0.25, -0.2) is 0 Å². The van der Waals surface area contributed by atoms with Crippen LogP contribution in [0.2, 0.25) is 0 Å². The number of amides is 1. The number of carbonyl (C=O) groups is 1. The first-order chi connectivity index (χ1) is 16.7. The average Bonchev–Trinajstić information content (AvgIpc) is 2.84. The molecule has 4 rings (SSSR count). The molecule has 1 aliphatic rings. The highest BCUT2D eigenvalue weighted by atomic mass is 19.4. The quantitative estimate of drug-likeness (QED) is 0.459. The van der Waals surface area contributed by atoms with Crippen molar-refractivity contribution in [2.24, 2.45) is 0 Å². The SMILES string of the molecule is CN1CCC(Oc2cccc(CNC(=O)c3ccc(-c4ccc(CC(F)(F)F)cc4)cc3)c2)CC1. The van der Waals surface area contributed by atoms with Crippen LogP contribution in [0.15, 0.2) is 72.8 Å². The van der Waals surface area contributed by atoms with Crippen molar-refractivity contribution < 1.29 is 22.7 Å². The van der Waals surface area contributed by atoms with Crippen LogP contribution >= 0.6 is 0 Å². The summed E-state index contributed by atoms with van der Waals surface area (Å²) in [7, 11) is 2.12. The van der Waals surface area contributed by atoms with Gasteiger partial charge in [0.15, 0.2) is 0 Å². The minimum Gasteiger partial charge on any atom is -0.490 e. The maximum absolute atomic E-state index is 12.6. The Labute approximate surface area is 203 Å². The molecule has 184 valence electrons. The van der Waals surface area contributed by atoms with E-state index >= 15 is 0 Å². The van der Waals surface area contributed by atoms with Gasteiger partial charge in [-0.3, -0.25) is 4.79 Å². The first-order valence-electron chi connectivity index (χ1n) is 11.7. The van der Waals surface area contributed by atoms with Crippen LogP contribution in [0.1, 0.15) is 34.3 Å². The van der Waals surface area contributed by atoms with Crippen LogP contribution in [0.25, 0.3) is 11.1 Å². The molecule has 1 fully saturated rings. The Bertz CT molecular complexity index is 1120. The monoisotopic (exact) mass is 482 g/mol. The van der Waals surface area contributed by atoms with E-state index in [1.54, 1.807) is 36.4 Å². The summed E-state index contributed by atoms with van der Waals surface area (Å²) in [5, 5.41) is 2.93. The van der Waals surface area contributed by atoms with E-state index in [-0.39, 0.29) is 17.6 Å². The molecule has 0 aliphatic carbocycles. The van der Waals surface area contributed by atoms with Gasteiger partial charge in [0, 0.05) is 25.2 Å². The molecule has 1 saturated heterocycles. The second kappa shape index (κ2) is 11.0. The second-order valence-corrected chi connectivity index (χ2v) is 9.02. The number of alkyl halides is 3. The third-order valence-corrected chi connectivity index (χ3v) is 6.16. The zero-order chi connectivity index (χ0) is 24.8. The van der Waals surface area contributed by atoms with Crippen molar-refractivity contribution in [3.05, 3.63) is 89.5 Å². The molecule has 3 aromatic carbocycles. The summed E-state index contributed by atoms with van der Waals surface area (Å²) in [4.78, 5) is 14.9. The third-order valence-electron chi connectivity index (χ3n) is 6.16. The number of hydrogen-bond acceptors (Lipinski definition) is 3. The molecule has 35 heavy (non-hydrogen) atoms. The van der Waals surface area contributed by atoms with Gasteiger partial charge in [0.05, 0.1) is 6.42 Å². The van der Waals surface area contributed by atoms with Gasteiger partial charge in [0.1, 0.15) is 11.9 Å². The smallest absolute Gasteiger partial charge is 0.393 e. The van der Waals surface area contributed by atoms with Gasteiger partial charge in [0.25, 0.3) is 5.91 Å². The standard InChI is InChI=1S/C28H29F3N2O2/c1-33-15-13-25(14-16-33)35-26-4-2-3-21(17-26)19-32-27(34)24-11-9-23(10-12-24)22-7-5-20(6-8-22)18-28(29,30)31/h2-12,17,25H,13-16,18-19H2,1H3,(H,32,34). The number of nitrogens with zero attached hydrogens (tertiary/aromatic N) is 1. The van der Waals surface area contributed by atoms with Crippen molar-refractivity contribution in [1.29, 1.82) is 0 Å². The summed E-state index contributed by atoms with van der Waals surface area (Å²) in [6.45, 7) is 2.44. The summed E-state index contributed by atoms with van der Waals surface area (Å²) in [6.07, 6.45) is -2.94. The Hall–Kier alpha value is -3.32. The summed E-state index contributed by atoms with van der Waals surface area (Å²) in [6, 6.07) is 21.1. The lowest BCUT2D eigenvalue weighted by atomic mass is 10.0. The topological polar surface area (TPSA) is 41.6 Å². The first-order valence-corrected chi connectivity index (χ1v) is 11.7. The molecule has 0 bridgehead atoms. The molecule has 4 nitrogen and oxygen atoms in total. The zero-order valence-corrected chi connectivity index (χ0v) is 19.6. The lowest BCUT2D eigenvalue weighted by molar-refractivity contribution is -0.127. The van der Waals surface area contributed by atoms with Crippen molar-refractivity contribution in [3.63, 3.8) is 0 Å².